The summed E-state index contributed by atoms with van der Waals surface area (Å²) in [5.41, 5.74) is 2.82. The highest BCUT2D eigenvalue weighted by atomic mass is 16.2. The lowest BCUT2D eigenvalue weighted by Gasteiger charge is -2.34. The minimum atomic E-state index is -0.300. The highest BCUT2D eigenvalue weighted by Crippen LogP contribution is 2.32. The number of likely N-dealkylation sites (tertiary alicyclic amines) is 1. The Hall–Kier alpha value is -3.45. The van der Waals surface area contributed by atoms with Crippen molar-refractivity contribution in [2.24, 2.45) is 0 Å². The van der Waals surface area contributed by atoms with Gasteiger partial charge in [0, 0.05) is 37.9 Å². The van der Waals surface area contributed by atoms with E-state index in [0.29, 0.717) is 6.54 Å². The SMILES string of the molecule is CC(=O)N1C=Cc2ccccc2C1CC(=O)NC1CCN(CC(=O)Nc2ccccc2)CC1. The van der Waals surface area contributed by atoms with Crippen LogP contribution in [0.5, 0.6) is 0 Å². The normalized spacial score (nSPS) is 18.5. The molecule has 1 atom stereocenters. The molecule has 1 unspecified atom stereocenters. The maximum Gasteiger partial charge on any atom is 0.238 e. The second-order valence-electron chi connectivity index (χ2n) is 8.62. The van der Waals surface area contributed by atoms with Gasteiger partial charge in [-0.2, -0.15) is 0 Å². The fourth-order valence-electron chi connectivity index (χ4n) is 4.54. The van der Waals surface area contributed by atoms with Gasteiger partial charge in [-0.25, -0.2) is 0 Å². The van der Waals surface area contributed by atoms with Gasteiger partial charge in [0.05, 0.1) is 19.0 Å². The van der Waals surface area contributed by atoms with Gasteiger partial charge in [-0.1, -0.05) is 42.5 Å². The molecule has 0 bridgehead atoms. The Labute approximate surface area is 194 Å². The fourth-order valence-corrected chi connectivity index (χ4v) is 4.54. The molecule has 7 nitrogen and oxygen atoms in total. The van der Waals surface area contributed by atoms with Gasteiger partial charge in [0.2, 0.25) is 17.7 Å². The zero-order valence-electron chi connectivity index (χ0n) is 18.9. The number of fused-ring (bicyclic) bond motifs is 1. The van der Waals surface area contributed by atoms with Crippen molar-refractivity contribution in [2.75, 3.05) is 25.0 Å². The molecule has 0 aromatic heterocycles. The molecule has 0 spiro atoms. The number of nitrogens with one attached hydrogen (secondary N) is 2. The molecule has 2 heterocycles. The Morgan fingerprint density at radius 1 is 0.939 bits per heavy atom. The Kier molecular flexibility index (Phi) is 7.19. The first-order valence-corrected chi connectivity index (χ1v) is 11.4. The third kappa shape index (κ3) is 5.87. The lowest BCUT2D eigenvalue weighted by Crippen LogP contribution is -2.47. The first-order chi connectivity index (χ1) is 16.0. The average molecular weight is 447 g/mol. The van der Waals surface area contributed by atoms with Gasteiger partial charge in [-0.05, 0) is 42.2 Å². The van der Waals surface area contributed by atoms with Crippen molar-refractivity contribution in [3.05, 3.63) is 71.9 Å². The van der Waals surface area contributed by atoms with Crippen LogP contribution in [0, 0.1) is 0 Å². The summed E-state index contributed by atoms with van der Waals surface area (Å²) in [6.45, 7) is 3.37. The second kappa shape index (κ2) is 10.4. The van der Waals surface area contributed by atoms with Crippen LogP contribution in [0.2, 0.25) is 0 Å². The molecule has 0 aliphatic carbocycles. The van der Waals surface area contributed by atoms with Gasteiger partial charge in [0.15, 0.2) is 0 Å². The van der Waals surface area contributed by atoms with Gasteiger partial charge in [0.25, 0.3) is 0 Å². The Morgan fingerprint density at radius 2 is 1.64 bits per heavy atom. The van der Waals surface area contributed by atoms with E-state index in [2.05, 4.69) is 15.5 Å². The summed E-state index contributed by atoms with van der Waals surface area (Å²) in [5, 5.41) is 6.05. The summed E-state index contributed by atoms with van der Waals surface area (Å²) in [6.07, 6.45) is 5.49. The van der Waals surface area contributed by atoms with E-state index >= 15 is 0 Å². The van der Waals surface area contributed by atoms with E-state index in [0.717, 1.165) is 42.7 Å². The van der Waals surface area contributed by atoms with E-state index in [1.807, 2.05) is 60.7 Å². The highest BCUT2D eigenvalue weighted by molar-refractivity contribution is 5.92. The molecule has 2 N–H and O–H groups in total. The zero-order valence-corrected chi connectivity index (χ0v) is 18.9. The molecule has 4 rings (SSSR count). The fraction of sp³-hybridized carbons (Fsp3) is 0.346. The summed E-state index contributed by atoms with van der Waals surface area (Å²) in [5.74, 6) is -0.172. The molecule has 0 saturated carbocycles. The van der Waals surface area contributed by atoms with E-state index in [4.69, 9.17) is 0 Å². The summed E-state index contributed by atoms with van der Waals surface area (Å²) in [6, 6.07) is 17.1. The Balaban J connectivity index is 1.26. The van der Waals surface area contributed by atoms with Crippen molar-refractivity contribution in [3.63, 3.8) is 0 Å². The standard InChI is InChI=1S/C26H30N4O3/c1-19(31)30-16-11-20-7-5-6-10-23(20)24(30)17-25(32)27-22-12-14-29(15-13-22)18-26(33)28-21-8-3-2-4-9-21/h2-11,16,22,24H,12-15,17-18H2,1H3,(H,27,32)(H,28,33). The van der Waals surface area contributed by atoms with Gasteiger partial charge in [-0.15, -0.1) is 0 Å². The molecule has 0 radical (unpaired) electrons. The molecule has 172 valence electrons. The van der Waals surface area contributed by atoms with E-state index in [1.165, 1.54) is 6.92 Å². The number of benzene rings is 2. The number of amides is 3. The van der Waals surface area contributed by atoms with E-state index in [1.54, 1.807) is 11.1 Å². The third-order valence-corrected chi connectivity index (χ3v) is 6.23. The van der Waals surface area contributed by atoms with Crippen molar-refractivity contribution in [1.82, 2.24) is 15.1 Å². The minimum absolute atomic E-state index is 0.0305. The van der Waals surface area contributed by atoms with Crippen LogP contribution in [0.4, 0.5) is 5.69 Å². The second-order valence-corrected chi connectivity index (χ2v) is 8.62. The number of para-hydroxylation sites is 1. The van der Waals surface area contributed by atoms with Gasteiger partial charge in [0.1, 0.15) is 0 Å². The van der Waals surface area contributed by atoms with Crippen LogP contribution in [0.25, 0.3) is 6.08 Å². The summed E-state index contributed by atoms with van der Waals surface area (Å²) >= 11 is 0. The zero-order chi connectivity index (χ0) is 23.2. The number of hydrogen-bond acceptors (Lipinski definition) is 4. The highest BCUT2D eigenvalue weighted by Gasteiger charge is 2.29. The molecular formula is C26H30N4O3. The Morgan fingerprint density at radius 3 is 2.36 bits per heavy atom. The van der Waals surface area contributed by atoms with Crippen molar-refractivity contribution >= 4 is 29.5 Å². The number of rotatable bonds is 6. The molecule has 2 aliphatic rings. The number of piperidine rings is 1. The molecule has 7 heteroatoms. The first-order valence-electron chi connectivity index (χ1n) is 11.4. The predicted molar refractivity (Wildman–Crippen MR) is 128 cm³/mol. The quantitative estimate of drug-likeness (QED) is 0.714. The monoisotopic (exact) mass is 446 g/mol. The van der Waals surface area contributed by atoms with Gasteiger partial charge in [-0.3, -0.25) is 19.3 Å². The predicted octanol–water partition coefficient (Wildman–Crippen LogP) is 3.17. The van der Waals surface area contributed by atoms with E-state index < -0.39 is 0 Å². The molecule has 1 saturated heterocycles. The number of anilines is 1. The van der Waals surface area contributed by atoms with Crippen molar-refractivity contribution < 1.29 is 14.4 Å². The average Bonchev–Trinajstić information content (AvgIpc) is 2.81. The molecule has 3 amide bonds. The molecule has 2 aromatic rings. The first kappa shape index (κ1) is 22.7. The van der Waals surface area contributed by atoms with Crippen molar-refractivity contribution in [2.45, 2.75) is 38.3 Å². The number of hydrogen-bond donors (Lipinski definition) is 2. The minimum Gasteiger partial charge on any atom is -0.353 e. The van der Waals surface area contributed by atoms with Crippen LogP contribution in [0.1, 0.15) is 43.4 Å². The third-order valence-electron chi connectivity index (χ3n) is 6.23. The lowest BCUT2D eigenvalue weighted by molar-refractivity contribution is -0.130. The maximum atomic E-state index is 12.9. The van der Waals surface area contributed by atoms with Gasteiger partial charge >= 0.3 is 0 Å². The van der Waals surface area contributed by atoms with E-state index in [-0.39, 0.29) is 36.2 Å². The van der Waals surface area contributed by atoms with Crippen molar-refractivity contribution in [3.8, 4) is 0 Å². The smallest absolute Gasteiger partial charge is 0.238 e. The molecule has 2 aliphatic heterocycles. The Bertz CT molecular complexity index is 1030. The van der Waals surface area contributed by atoms with Crippen LogP contribution in [0.15, 0.2) is 60.8 Å². The summed E-state index contributed by atoms with van der Waals surface area (Å²) in [7, 11) is 0. The number of carbonyl (C=O) groups is 3. The number of nitrogens with zero attached hydrogens (tertiary/aromatic N) is 2. The summed E-state index contributed by atoms with van der Waals surface area (Å²) in [4.78, 5) is 41.0. The van der Waals surface area contributed by atoms with Crippen LogP contribution in [-0.4, -0.2) is 53.2 Å². The largest absolute Gasteiger partial charge is 0.353 e. The maximum absolute atomic E-state index is 12.9. The van der Waals surface area contributed by atoms with Gasteiger partial charge < -0.3 is 15.5 Å². The van der Waals surface area contributed by atoms with Crippen LogP contribution >= 0.6 is 0 Å². The lowest BCUT2D eigenvalue weighted by atomic mass is 9.93. The van der Waals surface area contributed by atoms with E-state index in [9.17, 15) is 14.4 Å². The molecule has 33 heavy (non-hydrogen) atoms. The summed E-state index contributed by atoms with van der Waals surface area (Å²) < 4.78 is 0. The van der Waals surface area contributed by atoms with Crippen LogP contribution < -0.4 is 10.6 Å². The molecule has 2 aromatic carbocycles. The molecule has 1 fully saturated rings. The topological polar surface area (TPSA) is 81.8 Å². The molecular weight excluding hydrogens is 416 g/mol. The van der Waals surface area contributed by atoms with Crippen molar-refractivity contribution in [1.29, 1.82) is 0 Å². The van der Waals surface area contributed by atoms with Crippen LogP contribution in [-0.2, 0) is 14.4 Å². The number of carbonyl (C=O) groups excluding carboxylic acids is 3. The van der Waals surface area contributed by atoms with Crippen LogP contribution in [0.3, 0.4) is 0 Å².